The Labute approximate surface area is 120 Å². The standard InChI is InChI=1S/C16H22O3S/c1-12-7-6-10-15(2)11-14(16(12,15)17)20(18,19)13-8-4-3-5-9-13/h3-5,8-9,12,14,17H,6-7,10-11H2,1-2H3/t12?,14-,15-,16-/m0/s1. The molecule has 1 aromatic rings. The minimum atomic E-state index is -3.45. The summed E-state index contributed by atoms with van der Waals surface area (Å²) in [5, 5.41) is 10.5. The molecule has 0 spiro atoms. The normalized spacial score (nSPS) is 40.8. The Hall–Kier alpha value is -0.870. The largest absolute Gasteiger partial charge is 0.388 e. The van der Waals surface area contributed by atoms with Crippen LogP contribution in [-0.4, -0.2) is 24.4 Å². The van der Waals surface area contributed by atoms with Crippen molar-refractivity contribution in [3.8, 4) is 0 Å². The number of benzene rings is 1. The Bertz CT molecular complexity index is 610. The van der Waals surface area contributed by atoms with Crippen LogP contribution in [0.5, 0.6) is 0 Å². The Morgan fingerprint density at radius 3 is 2.50 bits per heavy atom. The zero-order valence-corrected chi connectivity index (χ0v) is 12.9. The predicted octanol–water partition coefficient (Wildman–Crippen LogP) is 2.79. The summed E-state index contributed by atoms with van der Waals surface area (Å²) in [4.78, 5) is 0.332. The van der Waals surface area contributed by atoms with Crippen molar-refractivity contribution in [3.63, 3.8) is 0 Å². The van der Waals surface area contributed by atoms with E-state index in [0.29, 0.717) is 11.3 Å². The summed E-state index contributed by atoms with van der Waals surface area (Å²) in [6, 6.07) is 8.53. The van der Waals surface area contributed by atoms with E-state index in [1.54, 1.807) is 24.3 Å². The fourth-order valence-corrected chi connectivity index (χ4v) is 6.78. The molecule has 1 aromatic carbocycles. The van der Waals surface area contributed by atoms with Crippen molar-refractivity contribution in [3.05, 3.63) is 30.3 Å². The summed E-state index contributed by atoms with van der Waals surface area (Å²) in [5.74, 6) is 0.0403. The van der Waals surface area contributed by atoms with Gasteiger partial charge in [0.2, 0.25) is 0 Å². The number of fused-ring (bicyclic) bond motifs is 1. The van der Waals surface area contributed by atoms with Crippen LogP contribution in [0, 0.1) is 11.3 Å². The second-order valence-electron chi connectivity index (χ2n) is 6.73. The first-order chi connectivity index (χ1) is 9.32. The number of hydrogen-bond acceptors (Lipinski definition) is 3. The monoisotopic (exact) mass is 294 g/mol. The molecule has 0 saturated heterocycles. The van der Waals surface area contributed by atoms with Crippen molar-refractivity contribution >= 4 is 9.84 Å². The highest BCUT2D eigenvalue weighted by molar-refractivity contribution is 7.92. The van der Waals surface area contributed by atoms with Crippen LogP contribution in [0.3, 0.4) is 0 Å². The lowest BCUT2D eigenvalue weighted by atomic mass is 9.48. The fraction of sp³-hybridized carbons (Fsp3) is 0.625. The van der Waals surface area contributed by atoms with Crippen molar-refractivity contribution in [1.29, 1.82) is 0 Å². The van der Waals surface area contributed by atoms with E-state index in [9.17, 15) is 13.5 Å². The van der Waals surface area contributed by atoms with Gasteiger partial charge >= 0.3 is 0 Å². The van der Waals surface area contributed by atoms with Gasteiger partial charge < -0.3 is 5.11 Å². The Balaban J connectivity index is 2.01. The van der Waals surface area contributed by atoms with Gasteiger partial charge in [-0.25, -0.2) is 8.42 Å². The zero-order valence-electron chi connectivity index (χ0n) is 12.0. The highest BCUT2D eigenvalue weighted by atomic mass is 32.2. The molecule has 0 radical (unpaired) electrons. The maximum absolute atomic E-state index is 12.8. The molecule has 20 heavy (non-hydrogen) atoms. The molecular formula is C16H22O3S. The van der Waals surface area contributed by atoms with E-state index in [-0.39, 0.29) is 11.3 Å². The van der Waals surface area contributed by atoms with Gasteiger partial charge in [0.05, 0.1) is 15.7 Å². The van der Waals surface area contributed by atoms with Crippen molar-refractivity contribution in [2.75, 3.05) is 0 Å². The van der Waals surface area contributed by atoms with Crippen LogP contribution in [-0.2, 0) is 9.84 Å². The second kappa shape index (κ2) is 4.31. The van der Waals surface area contributed by atoms with Gasteiger partial charge in [-0.05, 0) is 42.7 Å². The van der Waals surface area contributed by atoms with Crippen molar-refractivity contribution in [1.82, 2.24) is 0 Å². The van der Waals surface area contributed by atoms with Crippen LogP contribution in [0.1, 0.15) is 39.5 Å². The van der Waals surface area contributed by atoms with E-state index in [0.717, 1.165) is 19.3 Å². The summed E-state index contributed by atoms with van der Waals surface area (Å²) >= 11 is 0. The molecule has 3 nitrogen and oxygen atoms in total. The summed E-state index contributed by atoms with van der Waals surface area (Å²) in [6.45, 7) is 4.03. The van der Waals surface area contributed by atoms with E-state index < -0.39 is 20.7 Å². The Morgan fingerprint density at radius 2 is 1.90 bits per heavy atom. The summed E-state index contributed by atoms with van der Waals surface area (Å²) < 4.78 is 25.6. The summed E-state index contributed by atoms with van der Waals surface area (Å²) in [6.07, 6.45) is 3.49. The van der Waals surface area contributed by atoms with Gasteiger partial charge in [-0.3, -0.25) is 0 Å². The summed E-state index contributed by atoms with van der Waals surface area (Å²) in [7, 11) is -3.45. The van der Waals surface area contributed by atoms with Gasteiger partial charge in [-0.1, -0.05) is 38.5 Å². The van der Waals surface area contributed by atoms with Crippen LogP contribution in [0.2, 0.25) is 0 Å². The van der Waals surface area contributed by atoms with E-state index in [1.165, 1.54) is 0 Å². The topological polar surface area (TPSA) is 54.4 Å². The molecular weight excluding hydrogens is 272 g/mol. The molecule has 110 valence electrons. The molecule has 1 N–H and O–H groups in total. The highest BCUT2D eigenvalue weighted by Crippen LogP contribution is 2.63. The first-order valence-electron chi connectivity index (χ1n) is 7.34. The SMILES string of the molecule is CC1CCC[C@@]2(C)C[C@H](S(=O)(=O)c3ccccc3)[C@@]12O. The van der Waals surface area contributed by atoms with E-state index >= 15 is 0 Å². The van der Waals surface area contributed by atoms with E-state index in [2.05, 4.69) is 0 Å². The lowest BCUT2D eigenvalue weighted by Gasteiger charge is -2.64. The molecule has 1 unspecified atom stereocenters. The lowest BCUT2D eigenvalue weighted by molar-refractivity contribution is -0.206. The number of hydrogen-bond donors (Lipinski definition) is 1. The van der Waals surface area contributed by atoms with Gasteiger partial charge in [0, 0.05) is 0 Å². The maximum atomic E-state index is 12.8. The van der Waals surface area contributed by atoms with Crippen LogP contribution in [0.15, 0.2) is 35.2 Å². The third-order valence-electron chi connectivity index (χ3n) is 5.66. The molecule has 0 bridgehead atoms. The molecule has 4 atom stereocenters. The van der Waals surface area contributed by atoms with E-state index in [4.69, 9.17) is 0 Å². The molecule has 2 fully saturated rings. The van der Waals surface area contributed by atoms with Crippen LogP contribution in [0.25, 0.3) is 0 Å². The molecule has 0 amide bonds. The Morgan fingerprint density at radius 1 is 1.25 bits per heavy atom. The third kappa shape index (κ3) is 1.64. The summed E-state index contributed by atoms with van der Waals surface area (Å²) in [5.41, 5.74) is -1.31. The molecule has 2 aliphatic rings. The van der Waals surface area contributed by atoms with Gasteiger partial charge in [0.1, 0.15) is 0 Å². The van der Waals surface area contributed by atoms with Crippen LogP contribution >= 0.6 is 0 Å². The molecule has 4 heteroatoms. The third-order valence-corrected chi connectivity index (χ3v) is 7.86. The van der Waals surface area contributed by atoms with Gasteiger partial charge in [0.15, 0.2) is 9.84 Å². The van der Waals surface area contributed by atoms with Crippen LogP contribution in [0.4, 0.5) is 0 Å². The number of sulfone groups is 1. The van der Waals surface area contributed by atoms with Crippen molar-refractivity contribution in [2.24, 2.45) is 11.3 Å². The minimum absolute atomic E-state index is 0.0403. The second-order valence-corrected chi connectivity index (χ2v) is 8.86. The van der Waals surface area contributed by atoms with Crippen molar-refractivity contribution < 1.29 is 13.5 Å². The zero-order chi connectivity index (χ0) is 14.6. The van der Waals surface area contributed by atoms with Gasteiger partial charge in [-0.15, -0.1) is 0 Å². The number of rotatable bonds is 2. The molecule has 0 aliphatic heterocycles. The van der Waals surface area contributed by atoms with Gasteiger partial charge in [0.25, 0.3) is 0 Å². The Kier molecular flexibility index (Phi) is 3.04. The first-order valence-corrected chi connectivity index (χ1v) is 8.88. The number of aliphatic hydroxyl groups is 1. The molecule has 0 heterocycles. The molecule has 2 aliphatic carbocycles. The average molecular weight is 294 g/mol. The first kappa shape index (κ1) is 14.1. The average Bonchev–Trinajstić information content (AvgIpc) is 2.43. The maximum Gasteiger partial charge on any atom is 0.184 e. The smallest absolute Gasteiger partial charge is 0.184 e. The van der Waals surface area contributed by atoms with Crippen molar-refractivity contribution in [2.45, 2.75) is 55.3 Å². The molecule has 0 aromatic heterocycles. The van der Waals surface area contributed by atoms with Gasteiger partial charge in [-0.2, -0.15) is 0 Å². The molecule has 2 saturated carbocycles. The van der Waals surface area contributed by atoms with E-state index in [1.807, 2.05) is 19.9 Å². The van der Waals surface area contributed by atoms with Crippen LogP contribution < -0.4 is 0 Å². The lowest BCUT2D eigenvalue weighted by Crippen LogP contribution is -2.72. The fourth-order valence-electron chi connectivity index (χ4n) is 4.34. The predicted molar refractivity (Wildman–Crippen MR) is 78.1 cm³/mol. The highest BCUT2D eigenvalue weighted by Gasteiger charge is 2.69. The minimum Gasteiger partial charge on any atom is -0.388 e. The molecule has 3 rings (SSSR count). The quantitative estimate of drug-likeness (QED) is 0.912.